The zero-order chi connectivity index (χ0) is 15.7. The van der Waals surface area contributed by atoms with Crippen LogP contribution in [0.4, 0.5) is 0 Å². The van der Waals surface area contributed by atoms with Crippen LogP contribution in [0.2, 0.25) is 0 Å². The van der Waals surface area contributed by atoms with E-state index in [1.165, 1.54) is 5.57 Å². The zero-order valence-corrected chi connectivity index (χ0v) is 13.6. The summed E-state index contributed by atoms with van der Waals surface area (Å²) in [5, 5.41) is 10.1. The summed E-state index contributed by atoms with van der Waals surface area (Å²) in [6, 6.07) is 0. The topological polar surface area (TPSA) is 54.4 Å². The molecule has 0 heterocycles. The van der Waals surface area contributed by atoms with Gasteiger partial charge in [-0.05, 0) is 67.8 Å². The Kier molecular flexibility index (Phi) is 3.01. The van der Waals surface area contributed by atoms with Gasteiger partial charge in [0.15, 0.2) is 11.6 Å². The van der Waals surface area contributed by atoms with E-state index in [-0.39, 0.29) is 22.4 Å². The molecule has 0 aromatic rings. The molecular weight excluding hydrogens is 276 g/mol. The molecule has 0 aliphatic heterocycles. The molecule has 1 N–H and O–H groups in total. The number of Topliss-reactive ketones (excluding diaryl/α,β-unsaturated/α-hetero) is 1. The first-order valence-electron chi connectivity index (χ1n) is 8.82. The molecule has 0 spiro atoms. The maximum Gasteiger partial charge on any atom is 0.167 e. The molecule has 3 fully saturated rings. The fourth-order valence-corrected chi connectivity index (χ4v) is 6.35. The van der Waals surface area contributed by atoms with E-state index in [0.717, 1.165) is 32.1 Å². The molecule has 3 heteroatoms. The highest BCUT2D eigenvalue weighted by atomic mass is 16.3. The van der Waals surface area contributed by atoms with Gasteiger partial charge in [-0.25, -0.2) is 0 Å². The van der Waals surface area contributed by atoms with Gasteiger partial charge in [-0.15, -0.1) is 0 Å². The molecule has 120 valence electrons. The van der Waals surface area contributed by atoms with Crippen LogP contribution in [-0.4, -0.2) is 22.8 Å². The molecule has 0 aromatic heterocycles. The second kappa shape index (κ2) is 4.53. The normalized spacial score (nSPS) is 51.0. The van der Waals surface area contributed by atoms with E-state index in [9.17, 15) is 14.7 Å². The van der Waals surface area contributed by atoms with E-state index in [2.05, 4.69) is 13.8 Å². The summed E-state index contributed by atoms with van der Waals surface area (Å²) in [7, 11) is 0. The lowest BCUT2D eigenvalue weighted by Gasteiger charge is -2.56. The Hall–Kier alpha value is -0.960. The number of ketones is 2. The van der Waals surface area contributed by atoms with Crippen molar-refractivity contribution in [3.05, 3.63) is 11.6 Å². The van der Waals surface area contributed by atoms with Crippen molar-refractivity contribution in [1.29, 1.82) is 0 Å². The number of carbonyl (C=O) groups excluding carboxylic acids is 2. The van der Waals surface area contributed by atoms with E-state index >= 15 is 0 Å². The van der Waals surface area contributed by atoms with Crippen molar-refractivity contribution in [3.8, 4) is 0 Å². The first-order valence-corrected chi connectivity index (χ1v) is 8.82. The minimum Gasteiger partial charge on any atom is -0.385 e. The van der Waals surface area contributed by atoms with Crippen molar-refractivity contribution in [3.63, 3.8) is 0 Å². The van der Waals surface area contributed by atoms with Crippen LogP contribution in [0.25, 0.3) is 0 Å². The predicted octanol–water partition coefficient (Wildman–Crippen LogP) is 3.06. The molecule has 22 heavy (non-hydrogen) atoms. The van der Waals surface area contributed by atoms with Crippen LogP contribution in [0.15, 0.2) is 11.6 Å². The highest BCUT2D eigenvalue weighted by Gasteiger charge is 2.61. The molecule has 0 radical (unpaired) electrons. The van der Waals surface area contributed by atoms with Crippen LogP contribution in [0.3, 0.4) is 0 Å². The highest BCUT2D eigenvalue weighted by Crippen LogP contribution is 2.64. The maximum absolute atomic E-state index is 12.4. The Labute approximate surface area is 132 Å². The van der Waals surface area contributed by atoms with E-state index in [1.807, 2.05) is 6.08 Å². The molecule has 3 saturated carbocycles. The summed E-state index contributed by atoms with van der Waals surface area (Å²) >= 11 is 0. The van der Waals surface area contributed by atoms with E-state index in [4.69, 9.17) is 0 Å². The molecule has 0 saturated heterocycles. The molecule has 0 amide bonds. The van der Waals surface area contributed by atoms with E-state index in [1.54, 1.807) is 0 Å². The van der Waals surface area contributed by atoms with Gasteiger partial charge >= 0.3 is 0 Å². The van der Waals surface area contributed by atoms with Gasteiger partial charge in [-0.1, -0.05) is 19.4 Å². The fraction of sp³-hybridized carbons (Fsp3) is 0.789. The van der Waals surface area contributed by atoms with Gasteiger partial charge in [0.1, 0.15) is 6.10 Å². The molecule has 0 aromatic carbocycles. The summed E-state index contributed by atoms with van der Waals surface area (Å²) in [6.45, 7) is 4.43. The largest absolute Gasteiger partial charge is 0.385 e. The van der Waals surface area contributed by atoms with Crippen LogP contribution in [0.5, 0.6) is 0 Å². The van der Waals surface area contributed by atoms with E-state index in [0.29, 0.717) is 30.6 Å². The second-order valence-electron chi connectivity index (χ2n) is 8.54. The number of carbonyl (C=O) groups is 2. The lowest BCUT2D eigenvalue weighted by Crippen LogP contribution is -2.50. The zero-order valence-electron chi connectivity index (χ0n) is 13.6. The molecule has 3 nitrogen and oxygen atoms in total. The number of aliphatic hydroxyl groups is 1. The van der Waals surface area contributed by atoms with E-state index < -0.39 is 6.10 Å². The number of aliphatic hydroxyl groups excluding tert-OH is 1. The van der Waals surface area contributed by atoms with Gasteiger partial charge in [0.2, 0.25) is 0 Å². The number of hydrogen-bond acceptors (Lipinski definition) is 3. The smallest absolute Gasteiger partial charge is 0.167 e. The third-order valence-electron chi connectivity index (χ3n) is 7.69. The van der Waals surface area contributed by atoms with Crippen LogP contribution in [0.1, 0.15) is 58.8 Å². The van der Waals surface area contributed by atoms with Gasteiger partial charge in [-0.3, -0.25) is 9.59 Å². The molecule has 4 rings (SSSR count). The summed E-state index contributed by atoms with van der Waals surface area (Å²) in [5.74, 6) is 1.83. The fourth-order valence-electron chi connectivity index (χ4n) is 6.35. The van der Waals surface area contributed by atoms with Crippen LogP contribution < -0.4 is 0 Å². The minimum absolute atomic E-state index is 0.0845. The van der Waals surface area contributed by atoms with Crippen molar-refractivity contribution in [2.75, 3.05) is 0 Å². The lowest BCUT2D eigenvalue weighted by atomic mass is 9.47. The summed E-state index contributed by atoms with van der Waals surface area (Å²) < 4.78 is 0. The van der Waals surface area contributed by atoms with Crippen molar-refractivity contribution in [2.45, 2.75) is 64.9 Å². The Morgan fingerprint density at radius 3 is 2.59 bits per heavy atom. The van der Waals surface area contributed by atoms with Gasteiger partial charge in [0.05, 0.1) is 0 Å². The van der Waals surface area contributed by atoms with Crippen LogP contribution in [-0.2, 0) is 9.59 Å². The molecule has 1 unspecified atom stereocenters. The van der Waals surface area contributed by atoms with Gasteiger partial charge in [-0.2, -0.15) is 0 Å². The summed E-state index contributed by atoms with van der Waals surface area (Å²) in [5.41, 5.74) is 1.20. The number of fused-ring (bicyclic) bond motifs is 5. The number of allylic oxidation sites excluding steroid dienone is 1. The molecular formula is C19H26O3. The van der Waals surface area contributed by atoms with Crippen molar-refractivity contribution in [2.24, 2.45) is 28.6 Å². The summed E-state index contributed by atoms with van der Waals surface area (Å²) in [4.78, 5) is 24.2. The first-order chi connectivity index (χ1) is 10.4. The third kappa shape index (κ3) is 1.72. The molecule has 4 aliphatic rings. The number of hydrogen-bond donors (Lipinski definition) is 1. The average molecular weight is 302 g/mol. The van der Waals surface area contributed by atoms with Gasteiger partial charge < -0.3 is 5.11 Å². The Bertz CT molecular complexity index is 577. The van der Waals surface area contributed by atoms with Gasteiger partial charge in [0, 0.05) is 11.8 Å². The van der Waals surface area contributed by atoms with Crippen molar-refractivity contribution in [1.82, 2.24) is 0 Å². The van der Waals surface area contributed by atoms with Crippen molar-refractivity contribution >= 4 is 11.6 Å². The SMILES string of the molecule is C[C@]12CCC(=O)C=C1CC[C@@H]1C2CC[C@]2(C)C(=O)[C@H](O)C[C@@H]12. The third-order valence-corrected chi connectivity index (χ3v) is 7.69. The minimum atomic E-state index is -0.744. The molecule has 0 bridgehead atoms. The number of rotatable bonds is 0. The van der Waals surface area contributed by atoms with Crippen molar-refractivity contribution < 1.29 is 14.7 Å². The Morgan fingerprint density at radius 2 is 1.82 bits per heavy atom. The predicted molar refractivity (Wildman–Crippen MR) is 83.1 cm³/mol. The standard InChI is InChI=1S/C19H26O3/c1-18-7-5-12(20)9-11(18)3-4-13-14(18)6-8-19(2)15(13)10-16(21)17(19)22/h9,13-16,21H,3-8,10H2,1-2H3/t13-,14?,15+,16-,18+,19+/m1/s1. The molecule has 6 atom stereocenters. The highest BCUT2D eigenvalue weighted by molar-refractivity contribution is 5.92. The van der Waals surface area contributed by atoms with Crippen LogP contribution in [0, 0.1) is 28.6 Å². The Morgan fingerprint density at radius 1 is 1.05 bits per heavy atom. The van der Waals surface area contributed by atoms with Gasteiger partial charge in [0.25, 0.3) is 0 Å². The Balaban J connectivity index is 1.70. The van der Waals surface area contributed by atoms with Crippen LogP contribution >= 0.6 is 0 Å². The second-order valence-corrected chi connectivity index (χ2v) is 8.54. The summed E-state index contributed by atoms with van der Waals surface area (Å²) in [6.07, 6.45) is 7.54. The lowest BCUT2D eigenvalue weighted by molar-refractivity contribution is -0.137. The quantitative estimate of drug-likeness (QED) is 0.748. The first kappa shape index (κ1) is 14.6. The monoisotopic (exact) mass is 302 g/mol. The maximum atomic E-state index is 12.4. The molecule has 4 aliphatic carbocycles. The average Bonchev–Trinajstić information content (AvgIpc) is 2.72.